The summed E-state index contributed by atoms with van der Waals surface area (Å²) in [5.41, 5.74) is 5.30. The Hall–Kier alpha value is -2.78. The van der Waals surface area contributed by atoms with E-state index in [9.17, 15) is 0 Å². The maximum atomic E-state index is 5.97. The smallest absolute Gasteiger partial charge is 0.142 e. The number of benzene rings is 2. The van der Waals surface area contributed by atoms with Gasteiger partial charge in [-0.25, -0.2) is 0 Å². The minimum absolute atomic E-state index is 0.728. The molecule has 0 radical (unpaired) electrons. The number of para-hydroxylation sites is 1. The van der Waals surface area contributed by atoms with Gasteiger partial charge in [0, 0.05) is 45.7 Å². The van der Waals surface area contributed by atoms with Crippen LogP contribution in [0.2, 0.25) is 5.02 Å². The van der Waals surface area contributed by atoms with E-state index in [1.165, 1.54) is 0 Å². The van der Waals surface area contributed by atoms with E-state index in [-0.39, 0.29) is 0 Å². The summed E-state index contributed by atoms with van der Waals surface area (Å²) in [6.45, 7) is 0. The van der Waals surface area contributed by atoms with Crippen molar-refractivity contribution in [2.24, 2.45) is 0 Å². The Morgan fingerprint density at radius 2 is 1.75 bits per heavy atom. The minimum Gasteiger partial charge on any atom is -0.495 e. The molecule has 2 aromatic carbocycles. The maximum Gasteiger partial charge on any atom is 0.142 e. The number of fused-ring (bicyclic) bond motifs is 1. The number of nitrogens with zero attached hydrogens (tertiary/aromatic N) is 1. The van der Waals surface area contributed by atoms with E-state index in [2.05, 4.69) is 22.1 Å². The summed E-state index contributed by atoms with van der Waals surface area (Å²) in [5, 5.41) is 1.84. The molecule has 4 heteroatoms. The Kier molecular flexibility index (Phi) is 3.71. The highest BCUT2D eigenvalue weighted by Gasteiger charge is 2.10. The Bertz CT molecular complexity index is 1010. The molecule has 1 N–H and O–H groups in total. The van der Waals surface area contributed by atoms with E-state index in [1.54, 1.807) is 7.11 Å². The number of pyridine rings is 1. The molecule has 118 valence electrons. The second-order valence-corrected chi connectivity index (χ2v) is 5.99. The molecule has 0 unspecified atom stereocenters. The molecule has 0 saturated heterocycles. The van der Waals surface area contributed by atoms with E-state index in [0.29, 0.717) is 0 Å². The summed E-state index contributed by atoms with van der Waals surface area (Å²) in [4.78, 5) is 7.71. The predicted octanol–water partition coefficient (Wildman–Crippen LogP) is 5.56. The molecule has 0 spiro atoms. The van der Waals surface area contributed by atoms with Gasteiger partial charge < -0.3 is 9.72 Å². The van der Waals surface area contributed by atoms with Crippen LogP contribution in [0.15, 0.2) is 67.1 Å². The van der Waals surface area contributed by atoms with Crippen molar-refractivity contribution in [1.29, 1.82) is 0 Å². The molecule has 4 rings (SSSR count). The van der Waals surface area contributed by atoms with Crippen LogP contribution in [0.1, 0.15) is 0 Å². The van der Waals surface area contributed by atoms with Gasteiger partial charge in [-0.3, -0.25) is 4.98 Å². The Morgan fingerprint density at radius 3 is 2.54 bits per heavy atom. The third kappa shape index (κ3) is 2.53. The zero-order chi connectivity index (χ0) is 16.5. The SMILES string of the molecule is COc1cccc2c(-c3cncc(-c4ccc(Cl)cc4)c3)c[nH]c12. The second kappa shape index (κ2) is 6.02. The third-order valence-electron chi connectivity index (χ3n) is 4.12. The zero-order valence-corrected chi connectivity index (χ0v) is 13.8. The first-order chi connectivity index (χ1) is 11.8. The second-order valence-electron chi connectivity index (χ2n) is 5.55. The molecule has 0 fully saturated rings. The summed E-state index contributed by atoms with van der Waals surface area (Å²) < 4.78 is 5.42. The van der Waals surface area contributed by atoms with Crippen LogP contribution >= 0.6 is 11.6 Å². The van der Waals surface area contributed by atoms with Gasteiger partial charge in [-0.2, -0.15) is 0 Å². The fourth-order valence-electron chi connectivity index (χ4n) is 2.92. The van der Waals surface area contributed by atoms with Crippen LogP contribution in [0.4, 0.5) is 0 Å². The van der Waals surface area contributed by atoms with Crippen molar-refractivity contribution in [1.82, 2.24) is 9.97 Å². The number of methoxy groups -OCH3 is 1. The number of halogens is 1. The number of hydrogen-bond acceptors (Lipinski definition) is 2. The molecular weight excluding hydrogens is 320 g/mol. The highest BCUT2D eigenvalue weighted by molar-refractivity contribution is 6.30. The number of H-pyrrole nitrogens is 1. The van der Waals surface area contributed by atoms with Gasteiger partial charge in [0.2, 0.25) is 0 Å². The van der Waals surface area contributed by atoms with E-state index < -0.39 is 0 Å². The van der Waals surface area contributed by atoms with Gasteiger partial charge in [0.1, 0.15) is 5.75 Å². The molecule has 4 aromatic rings. The average molecular weight is 335 g/mol. The zero-order valence-electron chi connectivity index (χ0n) is 13.1. The van der Waals surface area contributed by atoms with Gasteiger partial charge in [-0.15, -0.1) is 0 Å². The first-order valence-electron chi connectivity index (χ1n) is 7.62. The predicted molar refractivity (Wildman–Crippen MR) is 98.5 cm³/mol. The average Bonchev–Trinajstić information content (AvgIpc) is 3.06. The molecule has 0 bridgehead atoms. The van der Waals surface area contributed by atoms with Crippen LogP contribution in [0.5, 0.6) is 5.75 Å². The minimum atomic E-state index is 0.728. The summed E-state index contributed by atoms with van der Waals surface area (Å²) >= 11 is 5.97. The van der Waals surface area contributed by atoms with Crippen molar-refractivity contribution in [2.45, 2.75) is 0 Å². The summed E-state index contributed by atoms with van der Waals surface area (Å²) in [5.74, 6) is 0.834. The number of rotatable bonds is 3. The largest absolute Gasteiger partial charge is 0.495 e. The molecule has 0 saturated carbocycles. The lowest BCUT2D eigenvalue weighted by atomic mass is 10.0. The molecular formula is C20H15ClN2O. The summed E-state index contributed by atoms with van der Waals surface area (Å²) in [7, 11) is 1.68. The van der Waals surface area contributed by atoms with E-state index >= 15 is 0 Å². The van der Waals surface area contributed by atoms with Crippen molar-refractivity contribution >= 4 is 22.5 Å². The van der Waals surface area contributed by atoms with Gasteiger partial charge in [-0.1, -0.05) is 35.9 Å². The lowest BCUT2D eigenvalue weighted by Crippen LogP contribution is -1.85. The topological polar surface area (TPSA) is 37.9 Å². The van der Waals surface area contributed by atoms with Crippen molar-refractivity contribution in [3.05, 3.63) is 72.1 Å². The Balaban J connectivity index is 1.83. The number of nitrogens with one attached hydrogen (secondary N) is 1. The maximum absolute atomic E-state index is 5.97. The van der Waals surface area contributed by atoms with Crippen molar-refractivity contribution in [3.8, 4) is 28.0 Å². The number of aromatic amines is 1. The molecule has 0 aliphatic carbocycles. The van der Waals surface area contributed by atoms with Gasteiger partial charge in [-0.05, 0) is 29.8 Å². The molecule has 3 nitrogen and oxygen atoms in total. The van der Waals surface area contributed by atoms with Crippen LogP contribution in [0.25, 0.3) is 33.2 Å². The monoisotopic (exact) mass is 334 g/mol. The van der Waals surface area contributed by atoms with Gasteiger partial charge in [0.15, 0.2) is 0 Å². The van der Waals surface area contributed by atoms with Crippen LogP contribution in [-0.2, 0) is 0 Å². The third-order valence-corrected chi connectivity index (χ3v) is 4.38. The number of hydrogen-bond donors (Lipinski definition) is 1. The first kappa shape index (κ1) is 14.8. The van der Waals surface area contributed by atoms with Crippen molar-refractivity contribution in [2.75, 3.05) is 7.11 Å². The van der Waals surface area contributed by atoms with Gasteiger partial charge in [0.25, 0.3) is 0 Å². The number of ether oxygens (including phenoxy) is 1. The quantitative estimate of drug-likeness (QED) is 0.532. The van der Waals surface area contributed by atoms with Crippen molar-refractivity contribution in [3.63, 3.8) is 0 Å². The number of aromatic nitrogens is 2. The molecule has 0 aliphatic rings. The fraction of sp³-hybridized carbons (Fsp3) is 0.0500. The first-order valence-corrected chi connectivity index (χ1v) is 7.99. The van der Waals surface area contributed by atoms with E-state index in [4.69, 9.17) is 16.3 Å². The molecule has 24 heavy (non-hydrogen) atoms. The van der Waals surface area contributed by atoms with Crippen LogP contribution in [0.3, 0.4) is 0 Å². The van der Waals surface area contributed by atoms with Crippen LogP contribution < -0.4 is 4.74 Å². The van der Waals surface area contributed by atoms with Crippen molar-refractivity contribution < 1.29 is 4.74 Å². The molecule has 2 aromatic heterocycles. The summed E-state index contributed by atoms with van der Waals surface area (Å²) in [6, 6.07) is 15.9. The molecule has 2 heterocycles. The van der Waals surface area contributed by atoms with Crippen LogP contribution in [-0.4, -0.2) is 17.1 Å². The normalized spacial score (nSPS) is 10.9. The molecule has 0 aliphatic heterocycles. The lowest BCUT2D eigenvalue weighted by Gasteiger charge is -2.05. The standard InChI is InChI=1S/C20H15ClN2O/c1-24-19-4-2-3-17-18(12-23-20(17)19)15-9-14(10-22-11-15)13-5-7-16(21)8-6-13/h2-12,23H,1H3. The van der Waals surface area contributed by atoms with Gasteiger partial charge >= 0.3 is 0 Å². The van der Waals surface area contributed by atoms with E-state index in [0.717, 1.165) is 43.9 Å². The van der Waals surface area contributed by atoms with Gasteiger partial charge in [0.05, 0.1) is 12.6 Å². The lowest BCUT2D eigenvalue weighted by molar-refractivity contribution is 0.419. The highest BCUT2D eigenvalue weighted by atomic mass is 35.5. The Morgan fingerprint density at radius 1 is 0.958 bits per heavy atom. The fourth-order valence-corrected chi connectivity index (χ4v) is 3.05. The molecule has 0 amide bonds. The Labute approximate surface area is 144 Å². The highest BCUT2D eigenvalue weighted by Crippen LogP contribution is 2.34. The molecule has 0 atom stereocenters. The van der Waals surface area contributed by atoms with Crippen LogP contribution in [0, 0.1) is 0 Å². The summed E-state index contributed by atoms with van der Waals surface area (Å²) in [6.07, 6.45) is 5.74. The van der Waals surface area contributed by atoms with E-state index in [1.807, 2.05) is 55.0 Å².